The number of aryl methyl sites for hydroxylation is 1. The van der Waals surface area contributed by atoms with Gasteiger partial charge in [0, 0.05) is 5.69 Å². The van der Waals surface area contributed by atoms with Gasteiger partial charge in [0.05, 0.1) is 6.04 Å². The number of nitrogens with two attached hydrogens (primary N) is 1. The first-order valence-corrected chi connectivity index (χ1v) is 5.24. The number of amides is 1. The Hall–Kier alpha value is -1.42. The maximum Gasteiger partial charge on any atom is 0.241 e. The van der Waals surface area contributed by atoms with E-state index in [1.807, 2.05) is 13.8 Å². The van der Waals surface area contributed by atoms with Crippen LogP contribution in [0, 0.1) is 18.7 Å². The van der Waals surface area contributed by atoms with E-state index in [4.69, 9.17) is 5.73 Å². The van der Waals surface area contributed by atoms with Gasteiger partial charge < -0.3 is 11.1 Å². The Morgan fingerprint density at radius 3 is 2.62 bits per heavy atom. The summed E-state index contributed by atoms with van der Waals surface area (Å²) in [5.74, 6) is -0.614. The van der Waals surface area contributed by atoms with E-state index in [1.165, 1.54) is 12.1 Å². The van der Waals surface area contributed by atoms with Crippen LogP contribution >= 0.6 is 0 Å². The van der Waals surface area contributed by atoms with Crippen LogP contribution in [-0.2, 0) is 4.79 Å². The summed E-state index contributed by atoms with van der Waals surface area (Å²) >= 11 is 0. The van der Waals surface area contributed by atoms with Crippen molar-refractivity contribution in [2.24, 2.45) is 11.7 Å². The van der Waals surface area contributed by atoms with Gasteiger partial charge in [0.1, 0.15) is 5.82 Å². The summed E-state index contributed by atoms with van der Waals surface area (Å²) in [4.78, 5) is 11.7. The third kappa shape index (κ3) is 3.03. The highest BCUT2D eigenvalue weighted by atomic mass is 19.1. The SMILES string of the molecule is Cc1ccc(F)cc1NC(=O)[C@@H](N)C(C)C. The van der Waals surface area contributed by atoms with Crippen molar-refractivity contribution in [2.75, 3.05) is 5.32 Å². The minimum Gasteiger partial charge on any atom is -0.324 e. The molecule has 0 aliphatic heterocycles. The van der Waals surface area contributed by atoms with Crippen LogP contribution in [0.25, 0.3) is 0 Å². The lowest BCUT2D eigenvalue weighted by atomic mass is 10.0. The third-order valence-electron chi connectivity index (χ3n) is 2.48. The lowest BCUT2D eigenvalue weighted by molar-refractivity contribution is -0.118. The van der Waals surface area contributed by atoms with Crippen LogP contribution in [0.1, 0.15) is 19.4 Å². The number of hydrogen-bond acceptors (Lipinski definition) is 2. The summed E-state index contributed by atoms with van der Waals surface area (Å²) < 4.78 is 13.0. The van der Waals surface area contributed by atoms with Crippen molar-refractivity contribution in [3.8, 4) is 0 Å². The van der Waals surface area contributed by atoms with Gasteiger partial charge >= 0.3 is 0 Å². The average Bonchev–Trinajstić information content (AvgIpc) is 2.22. The number of nitrogens with one attached hydrogen (secondary N) is 1. The van der Waals surface area contributed by atoms with Crippen molar-refractivity contribution in [3.63, 3.8) is 0 Å². The first-order valence-electron chi connectivity index (χ1n) is 5.24. The van der Waals surface area contributed by atoms with E-state index in [2.05, 4.69) is 5.32 Å². The van der Waals surface area contributed by atoms with Gasteiger partial charge in [0.2, 0.25) is 5.91 Å². The summed E-state index contributed by atoms with van der Waals surface area (Å²) in [7, 11) is 0. The zero-order chi connectivity index (χ0) is 12.3. The number of carbonyl (C=O) groups is 1. The van der Waals surface area contributed by atoms with Gasteiger partial charge in [0.15, 0.2) is 0 Å². The molecule has 4 heteroatoms. The molecule has 0 heterocycles. The molecule has 0 radical (unpaired) electrons. The van der Waals surface area contributed by atoms with Gasteiger partial charge in [-0.15, -0.1) is 0 Å². The second kappa shape index (κ2) is 5.07. The predicted octanol–water partition coefficient (Wildman–Crippen LogP) is 2.06. The highest BCUT2D eigenvalue weighted by molar-refractivity contribution is 5.95. The third-order valence-corrected chi connectivity index (χ3v) is 2.48. The van der Waals surface area contributed by atoms with Gasteiger partial charge in [-0.25, -0.2) is 4.39 Å². The maximum atomic E-state index is 13.0. The maximum absolute atomic E-state index is 13.0. The fraction of sp³-hybridized carbons (Fsp3) is 0.417. The van der Waals surface area contributed by atoms with Gasteiger partial charge in [0.25, 0.3) is 0 Å². The van der Waals surface area contributed by atoms with Gasteiger partial charge in [-0.05, 0) is 30.5 Å². The molecule has 1 amide bonds. The molecule has 0 unspecified atom stereocenters. The van der Waals surface area contributed by atoms with Crippen LogP contribution in [0.15, 0.2) is 18.2 Å². The lowest BCUT2D eigenvalue weighted by Gasteiger charge is -2.16. The summed E-state index contributed by atoms with van der Waals surface area (Å²) in [6.45, 7) is 5.53. The number of benzene rings is 1. The number of halogens is 1. The average molecular weight is 224 g/mol. The summed E-state index contributed by atoms with van der Waals surface area (Å²) in [6.07, 6.45) is 0. The van der Waals surface area contributed by atoms with Gasteiger partial charge in [-0.1, -0.05) is 19.9 Å². The van der Waals surface area contributed by atoms with Gasteiger partial charge in [-0.2, -0.15) is 0 Å². The molecule has 3 nitrogen and oxygen atoms in total. The normalized spacial score (nSPS) is 12.6. The molecule has 1 rings (SSSR count). The van der Waals surface area contributed by atoms with E-state index >= 15 is 0 Å². The standard InChI is InChI=1S/C12H17FN2O/c1-7(2)11(14)12(16)15-10-6-9(13)5-4-8(10)3/h4-7,11H,14H2,1-3H3,(H,15,16)/t11-/m0/s1. The molecule has 3 N–H and O–H groups in total. The first-order chi connectivity index (χ1) is 7.41. The van der Waals surface area contributed by atoms with Crippen molar-refractivity contribution in [1.82, 2.24) is 0 Å². The van der Waals surface area contributed by atoms with Crippen molar-refractivity contribution in [3.05, 3.63) is 29.6 Å². The smallest absolute Gasteiger partial charge is 0.241 e. The molecule has 0 aliphatic carbocycles. The topological polar surface area (TPSA) is 55.1 Å². The molecular formula is C12H17FN2O. The molecule has 88 valence electrons. The van der Waals surface area contributed by atoms with E-state index in [9.17, 15) is 9.18 Å². The van der Waals surface area contributed by atoms with E-state index < -0.39 is 6.04 Å². The van der Waals surface area contributed by atoms with Crippen LogP contribution in [0.2, 0.25) is 0 Å². The molecule has 1 atom stereocenters. The molecule has 0 fully saturated rings. The zero-order valence-corrected chi connectivity index (χ0v) is 9.75. The van der Waals surface area contributed by atoms with Gasteiger partial charge in [-0.3, -0.25) is 4.79 Å². The number of hydrogen-bond donors (Lipinski definition) is 2. The van der Waals surface area contributed by atoms with Crippen molar-refractivity contribution in [2.45, 2.75) is 26.8 Å². The highest BCUT2D eigenvalue weighted by Crippen LogP contribution is 2.16. The Labute approximate surface area is 94.8 Å². The van der Waals surface area contributed by atoms with E-state index in [0.717, 1.165) is 5.56 Å². The Morgan fingerprint density at radius 2 is 2.06 bits per heavy atom. The summed E-state index contributed by atoms with van der Waals surface area (Å²) in [5, 5.41) is 2.63. The van der Waals surface area contributed by atoms with Crippen LogP contribution in [-0.4, -0.2) is 11.9 Å². The quantitative estimate of drug-likeness (QED) is 0.825. The van der Waals surface area contributed by atoms with Crippen LogP contribution in [0.5, 0.6) is 0 Å². The van der Waals surface area contributed by atoms with E-state index in [1.54, 1.807) is 13.0 Å². The molecule has 1 aromatic rings. The van der Waals surface area contributed by atoms with E-state index in [-0.39, 0.29) is 17.6 Å². The van der Waals surface area contributed by atoms with Crippen LogP contribution < -0.4 is 11.1 Å². The number of rotatable bonds is 3. The molecule has 0 bridgehead atoms. The Bertz CT molecular complexity index is 391. The monoisotopic (exact) mass is 224 g/mol. The molecule has 0 aliphatic rings. The summed E-state index contributed by atoms with van der Waals surface area (Å²) in [5.41, 5.74) is 6.97. The minimum absolute atomic E-state index is 0.0499. The first kappa shape index (κ1) is 12.6. The largest absolute Gasteiger partial charge is 0.324 e. The molecule has 0 aromatic heterocycles. The molecule has 16 heavy (non-hydrogen) atoms. The second-order valence-corrected chi connectivity index (χ2v) is 4.22. The number of carbonyl (C=O) groups excluding carboxylic acids is 1. The van der Waals surface area contributed by atoms with Crippen molar-refractivity contribution >= 4 is 11.6 Å². The minimum atomic E-state index is -0.581. The molecule has 0 spiro atoms. The Kier molecular flexibility index (Phi) is 4.01. The Balaban J connectivity index is 2.80. The Morgan fingerprint density at radius 1 is 1.44 bits per heavy atom. The van der Waals surface area contributed by atoms with Crippen molar-refractivity contribution < 1.29 is 9.18 Å². The zero-order valence-electron chi connectivity index (χ0n) is 9.75. The predicted molar refractivity (Wildman–Crippen MR) is 62.6 cm³/mol. The highest BCUT2D eigenvalue weighted by Gasteiger charge is 2.17. The molecular weight excluding hydrogens is 207 g/mol. The molecule has 0 saturated carbocycles. The van der Waals surface area contributed by atoms with Crippen molar-refractivity contribution in [1.29, 1.82) is 0 Å². The fourth-order valence-electron chi connectivity index (χ4n) is 1.25. The molecule has 0 saturated heterocycles. The second-order valence-electron chi connectivity index (χ2n) is 4.22. The molecule has 1 aromatic carbocycles. The summed E-state index contributed by atoms with van der Waals surface area (Å²) in [6, 6.07) is 3.68. The number of anilines is 1. The van der Waals surface area contributed by atoms with Crippen LogP contribution in [0.3, 0.4) is 0 Å². The van der Waals surface area contributed by atoms with E-state index in [0.29, 0.717) is 5.69 Å². The lowest BCUT2D eigenvalue weighted by Crippen LogP contribution is -2.39. The fourth-order valence-corrected chi connectivity index (χ4v) is 1.25. The van der Waals surface area contributed by atoms with Crippen LogP contribution in [0.4, 0.5) is 10.1 Å².